The van der Waals surface area contributed by atoms with Crippen LogP contribution in [0.15, 0.2) is 12.1 Å². The van der Waals surface area contributed by atoms with Crippen LogP contribution in [0, 0.1) is 0 Å². The number of benzene rings is 1. The molecule has 0 bridgehead atoms. The van der Waals surface area contributed by atoms with Gasteiger partial charge in [-0.3, -0.25) is 14.5 Å². The van der Waals surface area contributed by atoms with E-state index in [-0.39, 0.29) is 24.4 Å². The summed E-state index contributed by atoms with van der Waals surface area (Å²) in [5, 5.41) is 2.49. The van der Waals surface area contributed by atoms with Crippen molar-refractivity contribution in [1.82, 2.24) is 15.1 Å². The highest BCUT2D eigenvalue weighted by Crippen LogP contribution is 2.39. The number of carbonyl (C=O) groups excluding carboxylic acids is 3. The van der Waals surface area contributed by atoms with Crippen molar-refractivity contribution in [3.05, 3.63) is 17.7 Å². The number of imide groups is 1. The van der Waals surface area contributed by atoms with Gasteiger partial charge in [-0.1, -0.05) is 0 Å². The van der Waals surface area contributed by atoms with Gasteiger partial charge in [-0.05, 0) is 32.9 Å². The molecular weight excluding hydrogens is 366 g/mol. The Kier molecular flexibility index (Phi) is 5.91. The maximum atomic E-state index is 12.9. The van der Waals surface area contributed by atoms with Crippen molar-refractivity contribution in [3.63, 3.8) is 0 Å². The number of amides is 4. The van der Waals surface area contributed by atoms with Crippen LogP contribution >= 0.6 is 0 Å². The van der Waals surface area contributed by atoms with Gasteiger partial charge in [0.15, 0.2) is 11.5 Å². The smallest absolute Gasteiger partial charge is 0.324 e. The minimum absolute atomic E-state index is 0.0115. The number of ether oxygens (including phenoxy) is 3. The average Bonchev–Trinajstić information content (AvgIpc) is 2.95. The lowest BCUT2D eigenvalue weighted by molar-refractivity contribution is -0.128. The van der Waals surface area contributed by atoms with Crippen LogP contribution in [0.25, 0.3) is 0 Å². The topological polar surface area (TPSA) is 97.4 Å². The quantitative estimate of drug-likeness (QED) is 0.670. The van der Waals surface area contributed by atoms with E-state index in [1.165, 1.54) is 4.90 Å². The Hall–Kier alpha value is -2.97. The first-order chi connectivity index (χ1) is 13.5. The van der Waals surface area contributed by atoms with Crippen molar-refractivity contribution in [3.8, 4) is 17.2 Å². The molecule has 9 heteroatoms. The van der Waals surface area contributed by atoms with Crippen LogP contribution < -0.4 is 19.5 Å². The van der Waals surface area contributed by atoms with E-state index >= 15 is 0 Å². The second-order valence-corrected chi connectivity index (χ2v) is 6.39. The number of urea groups is 1. The molecule has 2 aliphatic heterocycles. The van der Waals surface area contributed by atoms with E-state index in [9.17, 15) is 14.4 Å². The average molecular weight is 391 g/mol. The molecule has 0 unspecified atom stereocenters. The predicted octanol–water partition coefficient (Wildman–Crippen LogP) is 1.26. The van der Waals surface area contributed by atoms with Crippen LogP contribution in [-0.4, -0.2) is 73.1 Å². The molecule has 2 fully saturated rings. The van der Waals surface area contributed by atoms with Crippen LogP contribution in [0.5, 0.6) is 17.2 Å². The fourth-order valence-electron chi connectivity index (χ4n) is 3.28. The lowest BCUT2D eigenvalue weighted by atomic mass is 10.0. The number of likely N-dealkylation sites (tertiary alicyclic amines) is 1. The number of nitrogens with zero attached hydrogens (tertiary/aromatic N) is 2. The van der Waals surface area contributed by atoms with Crippen LogP contribution in [0.1, 0.15) is 31.1 Å². The molecule has 152 valence electrons. The summed E-state index contributed by atoms with van der Waals surface area (Å²) in [6.07, 6.45) is 0. The first kappa shape index (κ1) is 19.8. The Morgan fingerprint density at radius 3 is 2.07 bits per heavy atom. The summed E-state index contributed by atoms with van der Waals surface area (Å²) in [5.74, 6) is 0.895. The Bertz CT molecular complexity index is 732. The summed E-state index contributed by atoms with van der Waals surface area (Å²) in [6, 6.07) is 2.58. The molecule has 0 saturated carbocycles. The lowest BCUT2D eigenvalue weighted by Crippen LogP contribution is -2.62. The van der Waals surface area contributed by atoms with Crippen LogP contribution in [0.4, 0.5) is 4.79 Å². The van der Waals surface area contributed by atoms with Gasteiger partial charge in [0, 0.05) is 18.7 Å². The molecule has 3 rings (SSSR count). The fourth-order valence-corrected chi connectivity index (χ4v) is 3.28. The largest absolute Gasteiger partial charge is 0.490 e. The van der Waals surface area contributed by atoms with Gasteiger partial charge in [-0.15, -0.1) is 0 Å². The van der Waals surface area contributed by atoms with Crippen molar-refractivity contribution >= 4 is 17.8 Å². The Morgan fingerprint density at radius 1 is 1.04 bits per heavy atom. The third-order valence-electron chi connectivity index (χ3n) is 4.55. The van der Waals surface area contributed by atoms with Crippen molar-refractivity contribution < 1.29 is 28.6 Å². The maximum absolute atomic E-state index is 12.9. The number of rotatable bonds is 8. The Labute approximate surface area is 163 Å². The highest BCUT2D eigenvalue weighted by molar-refractivity contribution is 6.03. The summed E-state index contributed by atoms with van der Waals surface area (Å²) in [7, 11) is 0. The molecule has 2 heterocycles. The number of hydrogen-bond acceptors (Lipinski definition) is 6. The Morgan fingerprint density at radius 2 is 1.61 bits per heavy atom. The normalized spacial score (nSPS) is 16.7. The van der Waals surface area contributed by atoms with Gasteiger partial charge in [0.2, 0.25) is 11.7 Å². The van der Waals surface area contributed by atoms with Gasteiger partial charge in [-0.25, -0.2) is 4.79 Å². The first-order valence-electron chi connectivity index (χ1n) is 9.45. The standard InChI is InChI=1S/C19H25N3O6/c1-4-26-14-7-12(8-15(27-5-2)17(14)28-6-3)18(24)21-10-13(11-21)22-16(23)9-20-19(22)25/h7-8,13H,4-6,9-11H2,1-3H3,(H,20,25). The van der Waals surface area contributed by atoms with Crippen LogP contribution in [-0.2, 0) is 4.79 Å². The third kappa shape index (κ3) is 3.69. The number of hydrogen-bond donors (Lipinski definition) is 1. The molecule has 0 aromatic heterocycles. The highest BCUT2D eigenvalue weighted by atomic mass is 16.5. The SMILES string of the molecule is CCOc1cc(C(=O)N2CC(N3C(=O)CNC3=O)C2)cc(OCC)c1OCC. The summed E-state index contributed by atoms with van der Waals surface area (Å²) in [5.41, 5.74) is 0.408. The van der Waals surface area contributed by atoms with Crippen LogP contribution in [0.2, 0.25) is 0 Å². The zero-order valence-corrected chi connectivity index (χ0v) is 16.3. The van der Waals surface area contributed by atoms with E-state index in [0.29, 0.717) is 55.7 Å². The summed E-state index contributed by atoms with van der Waals surface area (Å²) >= 11 is 0. The van der Waals surface area contributed by atoms with Crippen molar-refractivity contribution in [2.75, 3.05) is 39.5 Å². The second-order valence-electron chi connectivity index (χ2n) is 6.39. The molecule has 2 saturated heterocycles. The minimum atomic E-state index is -0.402. The van der Waals surface area contributed by atoms with Gasteiger partial charge in [0.25, 0.3) is 5.91 Å². The third-order valence-corrected chi connectivity index (χ3v) is 4.55. The van der Waals surface area contributed by atoms with Gasteiger partial charge in [0.05, 0.1) is 32.4 Å². The van der Waals surface area contributed by atoms with Gasteiger partial charge < -0.3 is 24.4 Å². The van der Waals surface area contributed by atoms with E-state index in [2.05, 4.69) is 5.32 Å². The van der Waals surface area contributed by atoms with E-state index in [1.54, 1.807) is 17.0 Å². The van der Waals surface area contributed by atoms with Crippen molar-refractivity contribution in [2.24, 2.45) is 0 Å². The molecule has 1 aromatic carbocycles. The lowest BCUT2D eigenvalue weighted by Gasteiger charge is -2.42. The molecule has 28 heavy (non-hydrogen) atoms. The molecule has 0 aliphatic carbocycles. The Balaban J connectivity index is 1.78. The zero-order chi connectivity index (χ0) is 20.3. The van der Waals surface area contributed by atoms with E-state index in [1.807, 2.05) is 20.8 Å². The number of nitrogens with one attached hydrogen (secondary N) is 1. The van der Waals surface area contributed by atoms with Crippen molar-refractivity contribution in [2.45, 2.75) is 26.8 Å². The fraction of sp³-hybridized carbons (Fsp3) is 0.526. The predicted molar refractivity (Wildman–Crippen MR) is 99.9 cm³/mol. The van der Waals surface area contributed by atoms with Gasteiger partial charge in [0.1, 0.15) is 0 Å². The second kappa shape index (κ2) is 8.37. The van der Waals surface area contributed by atoms with E-state index < -0.39 is 6.03 Å². The molecule has 0 radical (unpaired) electrons. The maximum Gasteiger partial charge on any atom is 0.324 e. The van der Waals surface area contributed by atoms with Gasteiger partial charge >= 0.3 is 6.03 Å². The monoisotopic (exact) mass is 391 g/mol. The molecule has 9 nitrogen and oxygen atoms in total. The molecule has 1 N–H and O–H groups in total. The van der Waals surface area contributed by atoms with Gasteiger partial charge in [-0.2, -0.15) is 0 Å². The number of carbonyl (C=O) groups is 3. The zero-order valence-electron chi connectivity index (χ0n) is 16.3. The summed E-state index contributed by atoms with van der Waals surface area (Å²) in [4.78, 5) is 39.2. The molecule has 2 aliphatic rings. The molecular formula is C19H25N3O6. The van der Waals surface area contributed by atoms with Crippen LogP contribution in [0.3, 0.4) is 0 Å². The molecule has 0 atom stereocenters. The molecule has 1 aromatic rings. The van der Waals surface area contributed by atoms with E-state index in [0.717, 1.165) is 0 Å². The molecule has 4 amide bonds. The van der Waals surface area contributed by atoms with Crippen molar-refractivity contribution in [1.29, 1.82) is 0 Å². The van der Waals surface area contributed by atoms with E-state index in [4.69, 9.17) is 14.2 Å². The molecule has 0 spiro atoms. The summed E-state index contributed by atoms with van der Waals surface area (Å²) in [6.45, 7) is 7.46. The summed E-state index contributed by atoms with van der Waals surface area (Å²) < 4.78 is 16.9. The minimum Gasteiger partial charge on any atom is -0.490 e. The highest BCUT2D eigenvalue weighted by Gasteiger charge is 2.43. The first-order valence-corrected chi connectivity index (χ1v) is 9.45.